The number of nitrogens with one attached hydrogen (secondary N) is 1. The summed E-state index contributed by atoms with van der Waals surface area (Å²) in [6, 6.07) is 1.35. The summed E-state index contributed by atoms with van der Waals surface area (Å²) in [7, 11) is -0.317. The van der Waals surface area contributed by atoms with Crippen molar-refractivity contribution in [1.82, 2.24) is 4.98 Å². The van der Waals surface area contributed by atoms with Crippen molar-refractivity contribution in [2.24, 2.45) is 0 Å². The normalized spacial score (nSPS) is 9.85. The van der Waals surface area contributed by atoms with Gasteiger partial charge in [-0.3, -0.25) is 0 Å². The van der Waals surface area contributed by atoms with Crippen molar-refractivity contribution in [1.29, 1.82) is 0 Å². The second kappa shape index (κ2) is 3.63. The van der Waals surface area contributed by atoms with Crippen LogP contribution in [0.25, 0.3) is 0 Å². The number of ether oxygens (including phenoxy) is 1. The Labute approximate surface area is 75.5 Å². The molecule has 5 nitrogen and oxygen atoms in total. The van der Waals surface area contributed by atoms with Gasteiger partial charge in [-0.25, -0.2) is 4.79 Å². The van der Waals surface area contributed by atoms with Crippen LogP contribution in [-0.2, 0) is 4.74 Å². The van der Waals surface area contributed by atoms with E-state index in [0.29, 0.717) is 5.69 Å². The van der Waals surface area contributed by atoms with Gasteiger partial charge < -0.3 is 19.8 Å². The molecule has 0 spiro atoms. The smallest absolute Gasteiger partial charge is 0.464 e. The minimum absolute atomic E-state index is 0.211. The lowest BCUT2D eigenvalue weighted by Gasteiger charge is -1.93. The Bertz CT molecular complexity index is 320. The minimum Gasteiger partial charge on any atom is -0.464 e. The molecular weight excluding hydrogens is 173 g/mol. The van der Waals surface area contributed by atoms with Gasteiger partial charge in [-0.15, -0.1) is 0 Å². The second-order valence-corrected chi connectivity index (χ2v) is 2.63. The zero-order valence-electron chi connectivity index (χ0n) is 7.37. The highest BCUT2D eigenvalue weighted by Gasteiger charge is 2.19. The predicted octanol–water partition coefficient (Wildman–Crippen LogP) is -1.21. The van der Waals surface area contributed by atoms with Crippen molar-refractivity contribution >= 4 is 18.6 Å². The lowest BCUT2D eigenvalue weighted by Crippen LogP contribution is -2.30. The van der Waals surface area contributed by atoms with Gasteiger partial charge in [0.15, 0.2) is 0 Å². The van der Waals surface area contributed by atoms with Gasteiger partial charge in [0.05, 0.1) is 7.11 Å². The van der Waals surface area contributed by atoms with Gasteiger partial charge in [0, 0.05) is 11.2 Å². The third kappa shape index (κ3) is 1.91. The largest absolute Gasteiger partial charge is 0.490 e. The van der Waals surface area contributed by atoms with Crippen molar-refractivity contribution in [2.75, 3.05) is 7.11 Å². The van der Waals surface area contributed by atoms with Crippen LogP contribution in [0.15, 0.2) is 6.07 Å². The average molecular weight is 183 g/mol. The van der Waals surface area contributed by atoms with Gasteiger partial charge in [0.25, 0.3) is 0 Å². The molecule has 0 saturated heterocycles. The van der Waals surface area contributed by atoms with Crippen LogP contribution in [0.2, 0.25) is 0 Å². The van der Waals surface area contributed by atoms with E-state index in [-0.39, 0.29) is 11.2 Å². The number of hydrogen-bond donors (Lipinski definition) is 3. The number of aromatic nitrogens is 1. The van der Waals surface area contributed by atoms with E-state index >= 15 is 0 Å². The van der Waals surface area contributed by atoms with Crippen LogP contribution in [0.4, 0.5) is 0 Å². The van der Waals surface area contributed by atoms with E-state index < -0.39 is 13.1 Å². The van der Waals surface area contributed by atoms with Gasteiger partial charge in [0.2, 0.25) is 0 Å². The summed E-state index contributed by atoms with van der Waals surface area (Å²) in [4.78, 5) is 13.7. The number of hydrogen-bond acceptors (Lipinski definition) is 4. The molecule has 3 N–H and O–H groups in total. The number of aromatic amines is 1. The van der Waals surface area contributed by atoms with E-state index in [1.807, 2.05) is 0 Å². The number of rotatable bonds is 2. The molecular formula is C7H10BNO4. The molecule has 0 fully saturated rings. The number of esters is 1. The Kier molecular flexibility index (Phi) is 2.74. The number of methoxy groups -OCH3 is 1. The monoisotopic (exact) mass is 183 g/mol. The van der Waals surface area contributed by atoms with Crippen LogP contribution in [0, 0.1) is 6.92 Å². The third-order valence-electron chi connectivity index (χ3n) is 1.74. The molecule has 0 unspecified atom stereocenters. The summed E-state index contributed by atoms with van der Waals surface area (Å²) in [5.74, 6) is -0.532. The van der Waals surface area contributed by atoms with Crippen molar-refractivity contribution in [2.45, 2.75) is 6.92 Å². The zero-order valence-corrected chi connectivity index (χ0v) is 7.37. The molecule has 0 aliphatic carbocycles. The Balaban J connectivity index is 3.02. The van der Waals surface area contributed by atoms with Crippen LogP contribution < -0.4 is 5.46 Å². The molecule has 0 aliphatic rings. The van der Waals surface area contributed by atoms with Crippen LogP contribution in [0.1, 0.15) is 16.2 Å². The van der Waals surface area contributed by atoms with Gasteiger partial charge in [-0.2, -0.15) is 0 Å². The van der Waals surface area contributed by atoms with Crippen LogP contribution in [0.5, 0.6) is 0 Å². The number of aryl methyl sites for hydroxylation is 1. The van der Waals surface area contributed by atoms with Crippen LogP contribution in [0.3, 0.4) is 0 Å². The molecule has 13 heavy (non-hydrogen) atoms. The number of carbonyl (C=O) groups excluding carboxylic acids is 1. The molecule has 0 aromatic carbocycles. The highest BCUT2D eigenvalue weighted by molar-refractivity contribution is 6.59. The molecule has 1 aromatic rings. The highest BCUT2D eigenvalue weighted by Crippen LogP contribution is 2.00. The first-order valence-electron chi connectivity index (χ1n) is 3.70. The Hall–Kier alpha value is -1.27. The number of H-pyrrole nitrogens is 1. The third-order valence-corrected chi connectivity index (χ3v) is 1.74. The molecule has 0 saturated carbocycles. The summed E-state index contributed by atoms with van der Waals surface area (Å²) in [5.41, 5.74) is 1.03. The fraction of sp³-hybridized carbons (Fsp3) is 0.286. The van der Waals surface area contributed by atoms with E-state index in [0.717, 1.165) is 0 Å². The quantitative estimate of drug-likeness (QED) is 0.396. The highest BCUT2D eigenvalue weighted by atomic mass is 16.5. The standard InChI is InChI=1S/C7H10BNO4/c1-4-5(8(11)12)3-6(9-4)7(10)13-2/h3,9,11-12H,1-2H3. The van der Waals surface area contributed by atoms with E-state index in [2.05, 4.69) is 9.72 Å². The maximum absolute atomic E-state index is 11.0. The molecule has 0 radical (unpaired) electrons. The van der Waals surface area contributed by atoms with E-state index in [1.165, 1.54) is 13.2 Å². The summed E-state index contributed by atoms with van der Waals surface area (Å²) >= 11 is 0. The molecule has 0 aliphatic heterocycles. The molecule has 1 heterocycles. The summed E-state index contributed by atoms with van der Waals surface area (Å²) < 4.78 is 4.45. The summed E-state index contributed by atoms with van der Waals surface area (Å²) in [6.45, 7) is 1.64. The van der Waals surface area contributed by atoms with Crippen molar-refractivity contribution in [3.8, 4) is 0 Å². The zero-order chi connectivity index (χ0) is 10.0. The first-order chi connectivity index (χ1) is 6.06. The van der Waals surface area contributed by atoms with Gasteiger partial charge >= 0.3 is 13.1 Å². The number of carbonyl (C=O) groups is 1. The first kappa shape index (κ1) is 9.82. The summed E-state index contributed by atoms with van der Waals surface area (Å²) in [6.07, 6.45) is 0. The van der Waals surface area contributed by atoms with Crippen molar-refractivity contribution in [3.63, 3.8) is 0 Å². The minimum atomic E-state index is -1.57. The van der Waals surface area contributed by atoms with Gasteiger partial charge in [-0.05, 0) is 13.0 Å². The maximum atomic E-state index is 11.0. The molecule has 1 rings (SSSR count). The molecule has 1 aromatic heterocycles. The lowest BCUT2D eigenvalue weighted by atomic mass is 9.80. The lowest BCUT2D eigenvalue weighted by molar-refractivity contribution is 0.0594. The van der Waals surface area contributed by atoms with Gasteiger partial charge in [0.1, 0.15) is 5.69 Å². The van der Waals surface area contributed by atoms with E-state index in [4.69, 9.17) is 10.0 Å². The molecule has 70 valence electrons. The Morgan fingerprint density at radius 3 is 2.62 bits per heavy atom. The topological polar surface area (TPSA) is 82.6 Å². The van der Waals surface area contributed by atoms with E-state index in [1.54, 1.807) is 6.92 Å². The second-order valence-electron chi connectivity index (χ2n) is 2.63. The first-order valence-corrected chi connectivity index (χ1v) is 3.70. The summed E-state index contributed by atoms with van der Waals surface area (Å²) in [5, 5.41) is 17.7. The van der Waals surface area contributed by atoms with Gasteiger partial charge in [-0.1, -0.05) is 0 Å². The molecule has 0 atom stereocenters. The van der Waals surface area contributed by atoms with Crippen LogP contribution in [-0.4, -0.2) is 35.2 Å². The SMILES string of the molecule is COC(=O)c1cc(B(O)O)c(C)[nH]1. The van der Waals surface area contributed by atoms with Crippen molar-refractivity contribution in [3.05, 3.63) is 17.5 Å². The fourth-order valence-electron chi connectivity index (χ4n) is 1.06. The predicted molar refractivity (Wildman–Crippen MR) is 46.7 cm³/mol. The Morgan fingerprint density at radius 2 is 2.23 bits per heavy atom. The molecule has 6 heteroatoms. The van der Waals surface area contributed by atoms with Crippen LogP contribution >= 0.6 is 0 Å². The van der Waals surface area contributed by atoms with E-state index in [9.17, 15) is 4.79 Å². The molecule has 0 bridgehead atoms. The Morgan fingerprint density at radius 1 is 1.62 bits per heavy atom. The average Bonchev–Trinajstić information content (AvgIpc) is 2.46. The fourth-order valence-corrected chi connectivity index (χ4v) is 1.06. The van der Waals surface area contributed by atoms with Crippen molar-refractivity contribution < 1.29 is 19.6 Å². The maximum Gasteiger partial charge on any atom is 0.490 e. The molecule has 0 amide bonds.